The van der Waals surface area contributed by atoms with Crippen molar-refractivity contribution in [3.63, 3.8) is 0 Å². The Morgan fingerprint density at radius 1 is 0.205 bits per heavy atom. The molecule has 21 fully saturated rings. The Morgan fingerprint density at radius 2 is 0.359 bits per heavy atom. The zero-order valence-corrected chi connectivity index (χ0v) is 40.6. The molecule has 21 heterocycles. The van der Waals surface area contributed by atoms with Crippen LogP contribution in [0.5, 0.6) is 0 Å². The van der Waals surface area contributed by atoms with E-state index in [1.165, 1.54) is 0 Å². The third kappa shape index (κ3) is 12.1. The number of aliphatic hydroxyl groups is 22. The normalized spacial score (nSPS) is 54.9. The van der Waals surface area contributed by atoms with Crippen LogP contribution in [-0.2, 0) is 66.3 Å². The lowest BCUT2D eigenvalue weighted by Crippen LogP contribution is -2.69. The molecule has 21 saturated heterocycles. The molecule has 0 saturated carbocycles. The Balaban J connectivity index is 1.08. The highest BCUT2D eigenvalue weighted by atomic mass is 16.8. The molecule has 0 amide bonds. The van der Waals surface area contributed by atoms with Gasteiger partial charge in [0.1, 0.15) is 171 Å². The molecule has 21 aliphatic rings. The smallest absolute Gasteiger partial charge is 0.187 e. The second-order valence-corrected chi connectivity index (χ2v) is 19.8. The standard InChI is InChI=1S/C42H70O36/c43-1-7-27-14(50)21(57)37(66-7)73-29-9(3-45)68-39(23(59)16(29)52)75-31-11(5-47)70-41(25(61)18(31)54)77-33-19(55)26(62)42(78-34(33)35(63)64)76-32-12(6-48)69-40(24(60)17(32)53)74-30-10(4-46)67-38(22(58)15(30)51)72-28-8(2-44)65-36(71-27)20(56)13(28)49/h7-64H,1-6H2. The van der Waals surface area contributed by atoms with Gasteiger partial charge in [-0.1, -0.05) is 0 Å². The molecule has 78 heavy (non-hydrogen) atoms. The molecule has 35 unspecified atom stereocenters. The van der Waals surface area contributed by atoms with Crippen LogP contribution in [0, 0.1) is 0 Å². The van der Waals surface area contributed by atoms with Crippen molar-refractivity contribution in [3.05, 3.63) is 0 Å². The van der Waals surface area contributed by atoms with Gasteiger partial charge >= 0.3 is 0 Å². The van der Waals surface area contributed by atoms with Crippen molar-refractivity contribution < 1.29 is 179 Å². The van der Waals surface area contributed by atoms with E-state index in [0.29, 0.717) is 0 Å². The molecule has 0 aromatic heterocycles. The number of hydrogen-bond donors (Lipinski definition) is 22. The largest absolute Gasteiger partial charge is 0.394 e. The van der Waals surface area contributed by atoms with Crippen LogP contribution >= 0.6 is 0 Å². The molecular formula is C42H70O36. The van der Waals surface area contributed by atoms with Gasteiger partial charge in [0.15, 0.2) is 50.3 Å². The van der Waals surface area contributed by atoms with Crippen LogP contribution in [0.2, 0.25) is 0 Å². The highest BCUT2D eigenvalue weighted by Crippen LogP contribution is 2.39. The molecule has 36 nitrogen and oxygen atoms in total. The topological polar surface area (TPSA) is 574 Å². The Kier molecular flexibility index (Phi) is 21.0. The van der Waals surface area contributed by atoms with Crippen molar-refractivity contribution >= 4 is 0 Å². The van der Waals surface area contributed by atoms with Crippen LogP contribution in [0.15, 0.2) is 0 Å². The summed E-state index contributed by atoms with van der Waals surface area (Å²) in [5.74, 6) is 0. The van der Waals surface area contributed by atoms with Crippen LogP contribution in [-0.4, -0.2) is 373 Å². The van der Waals surface area contributed by atoms with Crippen molar-refractivity contribution in [2.45, 2.75) is 221 Å². The van der Waals surface area contributed by atoms with Crippen molar-refractivity contribution in [2.24, 2.45) is 0 Å². The molecule has 0 aromatic rings. The van der Waals surface area contributed by atoms with Gasteiger partial charge in [-0.05, 0) is 0 Å². The van der Waals surface area contributed by atoms with E-state index in [9.17, 15) is 112 Å². The summed E-state index contributed by atoms with van der Waals surface area (Å²) in [6, 6.07) is 0. The summed E-state index contributed by atoms with van der Waals surface area (Å²) in [6.07, 6.45) is -75.3. The molecule has 22 N–H and O–H groups in total. The molecule has 0 aromatic carbocycles. The van der Waals surface area contributed by atoms with E-state index in [-0.39, 0.29) is 0 Å². The highest BCUT2D eigenvalue weighted by molar-refractivity contribution is 5.02. The summed E-state index contributed by atoms with van der Waals surface area (Å²) in [6.45, 7) is -6.45. The van der Waals surface area contributed by atoms with Crippen LogP contribution in [0.25, 0.3) is 0 Å². The van der Waals surface area contributed by atoms with Gasteiger partial charge in [-0.3, -0.25) is 0 Å². The van der Waals surface area contributed by atoms with E-state index >= 15 is 0 Å². The van der Waals surface area contributed by atoms with Crippen LogP contribution in [0.3, 0.4) is 0 Å². The number of hydrogen-bond acceptors (Lipinski definition) is 36. The maximum Gasteiger partial charge on any atom is 0.187 e. The molecule has 36 heteroatoms. The van der Waals surface area contributed by atoms with Gasteiger partial charge in [0.05, 0.1) is 39.6 Å². The zero-order chi connectivity index (χ0) is 56.9. The summed E-state index contributed by atoms with van der Waals surface area (Å²) < 4.78 is 79.0. The zero-order valence-electron chi connectivity index (χ0n) is 40.6. The lowest BCUT2D eigenvalue weighted by Gasteiger charge is -2.50. The quantitative estimate of drug-likeness (QED) is 0.105. The third-order valence-corrected chi connectivity index (χ3v) is 14.8. The minimum absolute atomic E-state index is 1.06. The average molecular weight is 1150 g/mol. The monoisotopic (exact) mass is 1150 g/mol. The third-order valence-electron chi connectivity index (χ3n) is 14.8. The summed E-state index contributed by atoms with van der Waals surface area (Å²) in [5.41, 5.74) is 0. The van der Waals surface area contributed by atoms with Gasteiger partial charge in [0, 0.05) is 0 Å². The lowest BCUT2D eigenvalue weighted by atomic mass is 9.95. The fourth-order valence-electron chi connectivity index (χ4n) is 10.5. The molecule has 0 spiro atoms. The molecular weight excluding hydrogens is 1080 g/mol. The summed E-state index contributed by atoms with van der Waals surface area (Å²) in [5, 5.41) is 241. The molecule has 14 bridgehead atoms. The fraction of sp³-hybridized carbons (Fsp3) is 1.00. The van der Waals surface area contributed by atoms with Gasteiger partial charge in [-0.15, -0.1) is 0 Å². The van der Waals surface area contributed by atoms with Crippen molar-refractivity contribution in [1.82, 2.24) is 0 Å². The van der Waals surface area contributed by atoms with E-state index in [4.69, 9.17) is 66.3 Å². The predicted molar refractivity (Wildman–Crippen MR) is 230 cm³/mol. The van der Waals surface area contributed by atoms with Gasteiger partial charge in [0.25, 0.3) is 0 Å². The first-order valence-electron chi connectivity index (χ1n) is 24.7. The van der Waals surface area contributed by atoms with E-state index in [1.807, 2.05) is 0 Å². The second-order valence-electron chi connectivity index (χ2n) is 19.8. The maximum atomic E-state index is 11.3. The Bertz CT molecular complexity index is 1850. The SMILES string of the molecule is OCC1OC2OC3C(CO)OC(OC4C(CO)OC(OC5C(O)C(O)C(OC6C(CO)OC(OC7C(CO)OC(OC8C(CO)OC(OC1C(O)C2O)C(O)C8O)C(O)C7O)C(O)C6O)OC5C(O)O)C(O)C4O)C(O)C3O. The van der Waals surface area contributed by atoms with Gasteiger partial charge < -0.3 is 179 Å². The number of rotatable bonds is 7. The first kappa shape index (κ1) is 62.6. The molecule has 21 rings (SSSR count). The van der Waals surface area contributed by atoms with E-state index in [1.54, 1.807) is 0 Å². The van der Waals surface area contributed by atoms with Crippen molar-refractivity contribution in [3.8, 4) is 0 Å². The minimum atomic E-state index is -2.66. The highest BCUT2D eigenvalue weighted by Gasteiger charge is 2.60. The fourth-order valence-corrected chi connectivity index (χ4v) is 10.5. The first-order valence-corrected chi connectivity index (χ1v) is 24.7. The molecule has 0 aliphatic carbocycles. The Labute approximate surface area is 439 Å². The van der Waals surface area contributed by atoms with Crippen LogP contribution < -0.4 is 0 Å². The van der Waals surface area contributed by atoms with Crippen molar-refractivity contribution in [1.29, 1.82) is 0 Å². The number of aliphatic hydroxyl groups excluding tert-OH is 21. The molecule has 35 atom stereocenters. The van der Waals surface area contributed by atoms with Crippen LogP contribution in [0.1, 0.15) is 0 Å². The molecule has 21 aliphatic heterocycles. The predicted octanol–water partition coefficient (Wildman–Crippen LogP) is -15.9. The van der Waals surface area contributed by atoms with Gasteiger partial charge in [-0.2, -0.15) is 0 Å². The van der Waals surface area contributed by atoms with Crippen LogP contribution in [0.4, 0.5) is 0 Å². The van der Waals surface area contributed by atoms with E-state index < -0.39 is 261 Å². The minimum Gasteiger partial charge on any atom is -0.394 e. The summed E-state index contributed by atoms with van der Waals surface area (Å²) in [4.78, 5) is 0. The second kappa shape index (κ2) is 26.2. The summed E-state index contributed by atoms with van der Waals surface area (Å²) in [7, 11) is 0. The lowest BCUT2D eigenvalue weighted by molar-refractivity contribution is -0.403. The molecule has 454 valence electrons. The van der Waals surface area contributed by atoms with Gasteiger partial charge in [0.2, 0.25) is 0 Å². The van der Waals surface area contributed by atoms with Gasteiger partial charge in [-0.25, -0.2) is 0 Å². The Morgan fingerprint density at radius 3 is 0.526 bits per heavy atom. The maximum absolute atomic E-state index is 11.3. The van der Waals surface area contributed by atoms with Crippen molar-refractivity contribution in [2.75, 3.05) is 39.6 Å². The Hall–Kier alpha value is -1.44. The average Bonchev–Trinajstić information content (AvgIpc) is 3.57. The van der Waals surface area contributed by atoms with E-state index in [0.717, 1.165) is 0 Å². The first-order chi connectivity index (χ1) is 37.0. The molecule has 0 radical (unpaired) electrons. The summed E-state index contributed by atoms with van der Waals surface area (Å²) >= 11 is 0. The van der Waals surface area contributed by atoms with E-state index in [2.05, 4.69) is 0 Å². The number of ether oxygens (including phenoxy) is 14.